The molecule has 2 amide bonds. The number of nitrogens with one attached hydrogen (secondary N) is 1. The number of Topliss-reactive ketones (excluding diaryl/α,β-unsaturated/α-hetero) is 1. The lowest BCUT2D eigenvalue weighted by Gasteiger charge is -2.27. The molecule has 0 spiro atoms. The van der Waals surface area contributed by atoms with Gasteiger partial charge in [-0.1, -0.05) is 28.1 Å². The van der Waals surface area contributed by atoms with Crippen molar-refractivity contribution in [3.63, 3.8) is 0 Å². The lowest BCUT2D eigenvalue weighted by Crippen LogP contribution is -2.48. The van der Waals surface area contributed by atoms with Gasteiger partial charge in [0.15, 0.2) is 5.78 Å². The number of amides is 2. The number of halogens is 1. The summed E-state index contributed by atoms with van der Waals surface area (Å²) in [6, 6.07) is 8.07. The summed E-state index contributed by atoms with van der Waals surface area (Å²) in [5.41, 5.74) is -0.232. The molecule has 0 aromatic heterocycles. The van der Waals surface area contributed by atoms with Crippen LogP contribution in [0.15, 0.2) is 28.7 Å². The number of rotatable bonds is 4. The number of nitriles is 1. The Kier molecular flexibility index (Phi) is 6.60. The van der Waals surface area contributed by atoms with Gasteiger partial charge in [-0.25, -0.2) is 4.79 Å². The third-order valence-electron chi connectivity index (χ3n) is 4.00. The van der Waals surface area contributed by atoms with Crippen molar-refractivity contribution in [1.29, 1.82) is 5.26 Å². The molecule has 1 aromatic carbocycles. The Balaban J connectivity index is 2.01. The van der Waals surface area contributed by atoms with Gasteiger partial charge < -0.3 is 10.1 Å². The molecule has 1 aliphatic heterocycles. The summed E-state index contributed by atoms with van der Waals surface area (Å²) in [4.78, 5) is 38.4. The molecule has 1 aromatic rings. The summed E-state index contributed by atoms with van der Waals surface area (Å²) in [5.74, 6) is -1.16. The van der Waals surface area contributed by atoms with E-state index in [9.17, 15) is 14.4 Å². The zero-order valence-electron chi connectivity index (χ0n) is 15.5. The van der Waals surface area contributed by atoms with Crippen LogP contribution >= 0.6 is 15.9 Å². The monoisotopic (exact) mass is 435 g/mol. The molecular weight excluding hydrogens is 414 g/mol. The molecule has 1 aliphatic rings. The minimum atomic E-state index is -0.831. The predicted octanol–water partition coefficient (Wildman–Crippen LogP) is 2.90. The molecule has 0 unspecified atom stereocenters. The molecule has 0 bridgehead atoms. The highest BCUT2D eigenvalue weighted by Crippen LogP contribution is 2.25. The topological polar surface area (TPSA) is 99.5 Å². The van der Waals surface area contributed by atoms with Crippen LogP contribution < -0.4 is 5.32 Å². The van der Waals surface area contributed by atoms with E-state index in [2.05, 4.69) is 27.3 Å². The molecule has 0 saturated carbocycles. The minimum absolute atomic E-state index is 0.129. The number of benzene rings is 1. The maximum absolute atomic E-state index is 12.5. The highest BCUT2D eigenvalue weighted by atomic mass is 79.9. The van der Waals surface area contributed by atoms with Crippen LogP contribution in [-0.4, -0.2) is 47.4 Å². The summed E-state index contributed by atoms with van der Waals surface area (Å²) in [5, 5.41) is 11.7. The molecule has 8 heteroatoms. The van der Waals surface area contributed by atoms with Gasteiger partial charge >= 0.3 is 6.09 Å². The Labute approximate surface area is 166 Å². The molecule has 1 saturated heterocycles. The molecule has 2 atom stereocenters. The quantitative estimate of drug-likeness (QED) is 0.732. The fraction of sp³-hybridized carbons (Fsp3) is 0.474. The van der Waals surface area contributed by atoms with Crippen molar-refractivity contribution in [3.05, 3.63) is 34.3 Å². The SMILES string of the molecule is CC(C)(C)OC(=O)N1C[C@H](C#N)C[C@H]1C(=O)NCC(=O)c1ccc(Br)cc1. The van der Waals surface area contributed by atoms with Gasteiger partial charge in [0, 0.05) is 16.6 Å². The third kappa shape index (κ3) is 5.79. The van der Waals surface area contributed by atoms with Crippen molar-refractivity contribution < 1.29 is 19.1 Å². The molecule has 1 heterocycles. The molecule has 144 valence electrons. The van der Waals surface area contributed by atoms with Gasteiger partial charge in [0.2, 0.25) is 5.91 Å². The number of hydrogen-bond donors (Lipinski definition) is 1. The first-order valence-electron chi connectivity index (χ1n) is 8.56. The van der Waals surface area contributed by atoms with Crippen LogP contribution in [0, 0.1) is 17.2 Å². The first-order valence-corrected chi connectivity index (χ1v) is 9.35. The highest BCUT2D eigenvalue weighted by molar-refractivity contribution is 9.10. The molecule has 27 heavy (non-hydrogen) atoms. The lowest BCUT2D eigenvalue weighted by molar-refractivity contribution is -0.125. The van der Waals surface area contributed by atoms with E-state index in [1.165, 1.54) is 4.90 Å². The Bertz CT molecular complexity index is 765. The van der Waals surface area contributed by atoms with Crippen LogP contribution in [0.25, 0.3) is 0 Å². The number of carbonyl (C=O) groups excluding carboxylic acids is 3. The molecule has 0 aliphatic carbocycles. The standard InChI is InChI=1S/C19H22BrN3O4/c1-19(2,3)27-18(26)23-11-12(9-21)8-15(23)17(25)22-10-16(24)13-4-6-14(20)7-5-13/h4-7,12,15H,8,10-11H2,1-3H3,(H,22,25)/t12-,15-/m0/s1. The number of hydrogen-bond acceptors (Lipinski definition) is 5. The van der Waals surface area contributed by atoms with Crippen LogP contribution in [0.5, 0.6) is 0 Å². The van der Waals surface area contributed by atoms with Gasteiger partial charge in [-0.3, -0.25) is 14.5 Å². The van der Waals surface area contributed by atoms with E-state index in [1.54, 1.807) is 45.0 Å². The van der Waals surface area contributed by atoms with Crippen LogP contribution in [0.3, 0.4) is 0 Å². The van der Waals surface area contributed by atoms with E-state index in [4.69, 9.17) is 10.00 Å². The number of likely N-dealkylation sites (tertiary alicyclic amines) is 1. The van der Waals surface area contributed by atoms with Crippen LogP contribution in [0.1, 0.15) is 37.6 Å². The van der Waals surface area contributed by atoms with Crippen molar-refractivity contribution >= 4 is 33.7 Å². The van der Waals surface area contributed by atoms with Gasteiger partial charge in [0.25, 0.3) is 0 Å². The van der Waals surface area contributed by atoms with E-state index in [1.807, 2.05) is 0 Å². The molecule has 0 radical (unpaired) electrons. The van der Waals surface area contributed by atoms with Gasteiger partial charge in [0.1, 0.15) is 11.6 Å². The van der Waals surface area contributed by atoms with Gasteiger partial charge in [-0.05, 0) is 39.3 Å². The smallest absolute Gasteiger partial charge is 0.411 e. The van der Waals surface area contributed by atoms with Crippen molar-refractivity contribution in [2.45, 2.75) is 38.8 Å². The summed E-state index contributed by atoms with van der Waals surface area (Å²) in [6.07, 6.45) is -0.423. The number of ketones is 1. The summed E-state index contributed by atoms with van der Waals surface area (Å²) >= 11 is 3.30. The summed E-state index contributed by atoms with van der Waals surface area (Å²) in [7, 11) is 0. The molecular formula is C19H22BrN3O4. The first-order chi connectivity index (χ1) is 12.6. The molecule has 7 nitrogen and oxygen atoms in total. The van der Waals surface area contributed by atoms with E-state index < -0.39 is 29.6 Å². The maximum atomic E-state index is 12.5. The first kappa shape index (κ1) is 20.9. The van der Waals surface area contributed by atoms with Crippen molar-refractivity contribution in [2.24, 2.45) is 5.92 Å². The lowest BCUT2D eigenvalue weighted by atomic mass is 10.1. The molecule has 1 N–H and O–H groups in total. The van der Waals surface area contributed by atoms with Crippen LogP contribution in [0.2, 0.25) is 0 Å². The van der Waals surface area contributed by atoms with E-state index in [-0.39, 0.29) is 25.3 Å². The Morgan fingerprint density at radius 2 is 1.93 bits per heavy atom. The van der Waals surface area contributed by atoms with E-state index in [0.29, 0.717) is 5.56 Å². The van der Waals surface area contributed by atoms with Crippen LogP contribution in [-0.2, 0) is 9.53 Å². The average molecular weight is 436 g/mol. The fourth-order valence-corrected chi connectivity index (χ4v) is 2.99. The summed E-state index contributed by atoms with van der Waals surface area (Å²) in [6.45, 7) is 5.14. The van der Waals surface area contributed by atoms with Gasteiger partial charge in [-0.15, -0.1) is 0 Å². The largest absolute Gasteiger partial charge is 0.444 e. The number of nitrogens with zero attached hydrogens (tertiary/aromatic N) is 2. The Hall–Kier alpha value is -2.40. The zero-order valence-corrected chi connectivity index (χ0v) is 17.1. The number of carbonyl (C=O) groups is 3. The predicted molar refractivity (Wildman–Crippen MR) is 102 cm³/mol. The van der Waals surface area contributed by atoms with Gasteiger partial charge in [-0.2, -0.15) is 5.26 Å². The summed E-state index contributed by atoms with van der Waals surface area (Å²) < 4.78 is 6.18. The highest BCUT2D eigenvalue weighted by Gasteiger charge is 2.41. The second kappa shape index (κ2) is 8.53. The third-order valence-corrected chi connectivity index (χ3v) is 4.53. The van der Waals surface area contributed by atoms with Crippen LogP contribution in [0.4, 0.5) is 4.79 Å². The molecule has 1 fully saturated rings. The van der Waals surface area contributed by atoms with Crippen molar-refractivity contribution in [2.75, 3.05) is 13.1 Å². The second-order valence-corrected chi connectivity index (χ2v) is 8.27. The van der Waals surface area contributed by atoms with Crippen molar-refractivity contribution in [3.8, 4) is 6.07 Å². The van der Waals surface area contributed by atoms with E-state index >= 15 is 0 Å². The Morgan fingerprint density at radius 3 is 2.48 bits per heavy atom. The number of ether oxygens (including phenoxy) is 1. The normalized spacial score (nSPS) is 19.3. The van der Waals surface area contributed by atoms with Gasteiger partial charge in [0.05, 0.1) is 18.5 Å². The Morgan fingerprint density at radius 1 is 1.30 bits per heavy atom. The second-order valence-electron chi connectivity index (χ2n) is 7.36. The van der Waals surface area contributed by atoms with E-state index in [0.717, 1.165) is 4.47 Å². The fourth-order valence-electron chi connectivity index (χ4n) is 2.72. The molecule has 2 rings (SSSR count). The maximum Gasteiger partial charge on any atom is 0.411 e. The van der Waals surface area contributed by atoms with Crippen molar-refractivity contribution in [1.82, 2.24) is 10.2 Å². The minimum Gasteiger partial charge on any atom is -0.444 e. The zero-order chi connectivity index (χ0) is 20.2. The average Bonchev–Trinajstić information content (AvgIpc) is 3.03.